The van der Waals surface area contributed by atoms with Crippen LogP contribution in [0.3, 0.4) is 0 Å². The van der Waals surface area contributed by atoms with E-state index < -0.39 is 11.7 Å². The van der Waals surface area contributed by atoms with Gasteiger partial charge in [0.05, 0.1) is 17.5 Å². The van der Waals surface area contributed by atoms with Crippen LogP contribution in [-0.2, 0) is 6.18 Å². The maximum Gasteiger partial charge on any atom is 0.416 e. The predicted octanol–water partition coefficient (Wildman–Crippen LogP) is 4.81. The Balaban J connectivity index is 2.06. The lowest BCUT2D eigenvalue weighted by molar-refractivity contribution is -0.137. The number of rotatable bonds is 4. The molecule has 0 spiro atoms. The summed E-state index contributed by atoms with van der Waals surface area (Å²) in [6.07, 6.45) is 0.409. The lowest BCUT2D eigenvalue weighted by Crippen LogP contribution is -2.03. The number of alkyl halides is 3. The number of benzene rings is 1. The number of aromatic nitrogens is 2. The molecule has 0 bridgehead atoms. The van der Waals surface area contributed by atoms with Crippen LogP contribution in [-0.4, -0.2) is 16.6 Å². The number of ether oxygens (including phenoxy) is 1. The van der Waals surface area contributed by atoms with E-state index in [1.807, 2.05) is 0 Å². The van der Waals surface area contributed by atoms with Crippen LogP contribution < -0.4 is 4.74 Å². The zero-order chi connectivity index (χ0) is 16.4. The summed E-state index contributed by atoms with van der Waals surface area (Å²) in [7, 11) is 0. The van der Waals surface area contributed by atoms with E-state index >= 15 is 0 Å². The molecule has 23 heavy (non-hydrogen) atoms. The molecule has 0 aliphatic rings. The van der Waals surface area contributed by atoms with Crippen molar-refractivity contribution in [2.75, 3.05) is 6.61 Å². The molecular weight excluding hydrogens is 305 g/mol. The number of nitrogens with one attached hydrogen (secondary N) is 1. The molecule has 0 radical (unpaired) electrons. The molecule has 3 aromatic rings. The summed E-state index contributed by atoms with van der Waals surface area (Å²) in [4.78, 5) is 7.11. The van der Waals surface area contributed by atoms with Gasteiger partial charge in [0.1, 0.15) is 12.4 Å². The fourth-order valence-corrected chi connectivity index (χ4v) is 2.32. The fraction of sp³-hybridized carbons (Fsp3) is 0.118. The van der Waals surface area contributed by atoms with Crippen LogP contribution in [0, 0.1) is 0 Å². The van der Waals surface area contributed by atoms with Gasteiger partial charge in [0.15, 0.2) is 0 Å². The minimum Gasteiger partial charge on any atom is -0.487 e. The Labute approximate surface area is 130 Å². The van der Waals surface area contributed by atoms with Crippen LogP contribution >= 0.6 is 0 Å². The molecule has 1 aromatic carbocycles. The van der Waals surface area contributed by atoms with E-state index in [2.05, 4.69) is 16.5 Å². The van der Waals surface area contributed by atoms with Crippen molar-refractivity contribution in [3.8, 4) is 17.0 Å². The SMILES string of the molecule is C=CCOc1cnccc1-c1cc2cc(C(F)(F)F)ccc2[nH]1. The van der Waals surface area contributed by atoms with Crippen molar-refractivity contribution in [2.24, 2.45) is 0 Å². The molecule has 6 heteroatoms. The predicted molar refractivity (Wildman–Crippen MR) is 82.2 cm³/mol. The van der Waals surface area contributed by atoms with Gasteiger partial charge < -0.3 is 9.72 Å². The van der Waals surface area contributed by atoms with Crippen molar-refractivity contribution in [1.82, 2.24) is 9.97 Å². The Morgan fingerprint density at radius 3 is 2.78 bits per heavy atom. The highest BCUT2D eigenvalue weighted by atomic mass is 19.4. The zero-order valence-corrected chi connectivity index (χ0v) is 12.0. The maximum absolute atomic E-state index is 12.8. The molecule has 0 amide bonds. The summed E-state index contributed by atoms with van der Waals surface area (Å²) in [6, 6.07) is 7.02. The first-order valence-electron chi connectivity index (χ1n) is 6.87. The molecule has 0 aliphatic carbocycles. The van der Waals surface area contributed by atoms with Gasteiger partial charge in [0.25, 0.3) is 0 Å². The number of hydrogen-bond acceptors (Lipinski definition) is 2. The first kappa shape index (κ1) is 15.1. The molecule has 1 N–H and O–H groups in total. The molecular formula is C17H13F3N2O. The molecule has 3 rings (SSSR count). The molecule has 0 atom stereocenters. The number of fused-ring (bicyclic) bond motifs is 1. The van der Waals surface area contributed by atoms with E-state index in [0.717, 1.165) is 17.7 Å². The topological polar surface area (TPSA) is 37.9 Å². The Kier molecular flexibility index (Phi) is 3.82. The second kappa shape index (κ2) is 5.79. The van der Waals surface area contributed by atoms with Gasteiger partial charge in [-0.3, -0.25) is 4.98 Å². The smallest absolute Gasteiger partial charge is 0.416 e. The Hall–Kier alpha value is -2.76. The summed E-state index contributed by atoms with van der Waals surface area (Å²) in [6.45, 7) is 3.90. The van der Waals surface area contributed by atoms with Gasteiger partial charge in [-0.15, -0.1) is 0 Å². The third kappa shape index (κ3) is 3.06. The summed E-state index contributed by atoms with van der Waals surface area (Å²) in [5, 5.41) is 0.487. The van der Waals surface area contributed by atoms with Gasteiger partial charge >= 0.3 is 6.18 Å². The number of hydrogen-bond donors (Lipinski definition) is 1. The number of nitrogens with zero attached hydrogens (tertiary/aromatic N) is 1. The lowest BCUT2D eigenvalue weighted by Gasteiger charge is -2.07. The number of aromatic amines is 1. The maximum atomic E-state index is 12.8. The van der Waals surface area contributed by atoms with Gasteiger partial charge in [-0.05, 0) is 30.3 Å². The minimum absolute atomic E-state index is 0.317. The Morgan fingerprint density at radius 2 is 2.04 bits per heavy atom. The van der Waals surface area contributed by atoms with E-state index in [-0.39, 0.29) is 0 Å². The third-order valence-corrected chi connectivity index (χ3v) is 3.38. The normalized spacial score (nSPS) is 11.6. The van der Waals surface area contributed by atoms with E-state index in [1.54, 1.807) is 30.6 Å². The standard InChI is InChI=1S/C17H13F3N2O/c1-2-7-23-16-10-21-6-5-13(16)15-9-11-8-12(17(18,19)20)3-4-14(11)22-15/h2-6,8-10,22H,1,7H2. The monoisotopic (exact) mass is 318 g/mol. The number of halogens is 3. The van der Waals surface area contributed by atoms with Crippen molar-refractivity contribution < 1.29 is 17.9 Å². The second-order valence-electron chi connectivity index (χ2n) is 4.95. The number of pyridine rings is 1. The molecule has 2 heterocycles. The average molecular weight is 318 g/mol. The van der Waals surface area contributed by atoms with Crippen molar-refractivity contribution in [3.05, 3.63) is 60.9 Å². The minimum atomic E-state index is -4.36. The molecule has 0 fully saturated rings. The first-order valence-corrected chi connectivity index (χ1v) is 6.87. The van der Waals surface area contributed by atoms with Crippen LogP contribution in [0.5, 0.6) is 5.75 Å². The van der Waals surface area contributed by atoms with Gasteiger partial charge in [0, 0.05) is 22.7 Å². The summed E-state index contributed by atoms with van der Waals surface area (Å²) in [5.41, 5.74) is 1.35. The molecule has 0 aliphatic heterocycles. The molecule has 118 valence electrons. The van der Waals surface area contributed by atoms with Crippen molar-refractivity contribution >= 4 is 10.9 Å². The van der Waals surface area contributed by atoms with E-state index in [1.165, 1.54) is 6.07 Å². The van der Waals surface area contributed by atoms with Crippen molar-refractivity contribution in [3.63, 3.8) is 0 Å². The fourth-order valence-electron chi connectivity index (χ4n) is 2.32. The Bertz CT molecular complexity index is 852. The first-order chi connectivity index (χ1) is 11.0. The highest BCUT2D eigenvalue weighted by Crippen LogP contribution is 2.34. The lowest BCUT2D eigenvalue weighted by atomic mass is 10.1. The zero-order valence-electron chi connectivity index (χ0n) is 12.0. The highest BCUT2D eigenvalue weighted by Gasteiger charge is 2.30. The van der Waals surface area contributed by atoms with Gasteiger partial charge in [-0.25, -0.2) is 0 Å². The molecule has 0 saturated carbocycles. The van der Waals surface area contributed by atoms with Crippen molar-refractivity contribution in [1.29, 1.82) is 0 Å². The summed E-state index contributed by atoms with van der Waals surface area (Å²) < 4.78 is 43.9. The molecule has 3 nitrogen and oxygen atoms in total. The quantitative estimate of drug-likeness (QED) is 0.701. The van der Waals surface area contributed by atoms with Crippen LogP contribution in [0.15, 0.2) is 55.4 Å². The Morgan fingerprint density at radius 1 is 1.22 bits per heavy atom. The van der Waals surface area contributed by atoms with E-state index in [0.29, 0.717) is 29.0 Å². The largest absolute Gasteiger partial charge is 0.487 e. The molecule has 0 unspecified atom stereocenters. The van der Waals surface area contributed by atoms with Gasteiger partial charge in [-0.1, -0.05) is 12.7 Å². The van der Waals surface area contributed by atoms with Crippen LogP contribution in [0.1, 0.15) is 5.56 Å². The molecule has 2 aromatic heterocycles. The van der Waals surface area contributed by atoms with Crippen LogP contribution in [0.2, 0.25) is 0 Å². The van der Waals surface area contributed by atoms with Crippen LogP contribution in [0.25, 0.3) is 22.2 Å². The van der Waals surface area contributed by atoms with E-state index in [4.69, 9.17) is 4.74 Å². The number of H-pyrrole nitrogens is 1. The summed E-state index contributed by atoms with van der Waals surface area (Å²) >= 11 is 0. The van der Waals surface area contributed by atoms with Gasteiger partial charge in [0.2, 0.25) is 0 Å². The highest BCUT2D eigenvalue weighted by molar-refractivity contribution is 5.87. The second-order valence-corrected chi connectivity index (χ2v) is 4.95. The van der Waals surface area contributed by atoms with Gasteiger partial charge in [-0.2, -0.15) is 13.2 Å². The summed E-state index contributed by atoms with van der Waals surface area (Å²) in [5.74, 6) is 0.537. The van der Waals surface area contributed by atoms with E-state index in [9.17, 15) is 13.2 Å². The average Bonchev–Trinajstić information content (AvgIpc) is 2.95. The van der Waals surface area contributed by atoms with Crippen molar-refractivity contribution in [2.45, 2.75) is 6.18 Å². The molecule has 0 saturated heterocycles. The van der Waals surface area contributed by atoms with Crippen LogP contribution in [0.4, 0.5) is 13.2 Å². The third-order valence-electron chi connectivity index (χ3n) is 3.38.